The Hall–Kier alpha value is -1.26. The van der Waals surface area contributed by atoms with Gasteiger partial charge in [0.15, 0.2) is 0 Å². The van der Waals surface area contributed by atoms with E-state index in [2.05, 4.69) is 17.6 Å². The molecule has 1 rings (SSSR count). The van der Waals surface area contributed by atoms with Gasteiger partial charge in [0.05, 0.1) is 18.7 Å². The molecule has 0 spiro atoms. The van der Waals surface area contributed by atoms with Crippen LogP contribution in [0.1, 0.15) is 20.3 Å². The molecular formula is C13H19ClN2O2. The van der Waals surface area contributed by atoms with Crippen LogP contribution in [0.15, 0.2) is 18.2 Å². The number of halogens is 1. The van der Waals surface area contributed by atoms with Gasteiger partial charge in [0.25, 0.3) is 0 Å². The van der Waals surface area contributed by atoms with Gasteiger partial charge in [-0.2, -0.15) is 0 Å². The fourth-order valence-electron chi connectivity index (χ4n) is 1.35. The maximum atomic E-state index is 11.7. The number of amides is 1. The SMILES string of the molecule is CCC(C)NCC(=O)Nc1ccc(Cl)c(OC)c1. The molecule has 0 aromatic heterocycles. The molecule has 0 aliphatic heterocycles. The van der Waals surface area contributed by atoms with Crippen molar-refractivity contribution in [2.45, 2.75) is 26.3 Å². The third-order valence-electron chi connectivity index (χ3n) is 2.66. The van der Waals surface area contributed by atoms with Crippen LogP contribution in [0.2, 0.25) is 5.02 Å². The number of nitrogens with one attached hydrogen (secondary N) is 2. The molecule has 0 aliphatic carbocycles. The Kier molecular flexibility index (Phi) is 5.95. The molecule has 0 aliphatic rings. The highest BCUT2D eigenvalue weighted by Gasteiger charge is 2.06. The Balaban J connectivity index is 2.54. The lowest BCUT2D eigenvalue weighted by Gasteiger charge is -2.12. The van der Waals surface area contributed by atoms with E-state index in [1.54, 1.807) is 18.2 Å². The molecular weight excluding hydrogens is 252 g/mol. The predicted octanol–water partition coefficient (Wildman–Crippen LogP) is 2.68. The van der Waals surface area contributed by atoms with Crippen molar-refractivity contribution in [3.63, 3.8) is 0 Å². The Morgan fingerprint density at radius 2 is 2.22 bits per heavy atom. The molecule has 0 heterocycles. The van der Waals surface area contributed by atoms with Crippen molar-refractivity contribution in [3.05, 3.63) is 23.2 Å². The van der Waals surface area contributed by atoms with Crippen molar-refractivity contribution >= 4 is 23.2 Å². The maximum Gasteiger partial charge on any atom is 0.238 e. The average Bonchev–Trinajstić information content (AvgIpc) is 2.38. The van der Waals surface area contributed by atoms with Gasteiger partial charge in [-0.25, -0.2) is 0 Å². The fraction of sp³-hybridized carbons (Fsp3) is 0.462. The zero-order valence-electron chi connectivity index (χ0n) is 10.9. The molecule has 0 saturated carbocycles. The van der Waals surface area contributed by atoms with Crippen LogP contribution in [0.25, 0.3) is 0 Å². The molecule has 1 unspecified atom stereocenters. The number of rotatable bonds is 6. The Bertz CT molecular complexity index is 410. The van der Waals surface area contributed by atoms with Gasteiger partial charge in [0.1, 0.15) is 5.75 Å². The molecule has 1 amide bonds. The average molecular weight is 271 g/mol. The van der Waals surface area contributed by atoms with E-state index in [1.807, 2.05) is 6.92 Å². The maximum absolute atomic E-state index is 11.7. The van der Waals surface area contributed by atoms with E-state index >= 15 is 0 Å². The van der Waals surface area contributed by atoms with Crippen LogP contribution in [0, 0.1) is 0 Å². The summed E-state index contributed by atoms with van der Waals surface area (Å²) in [4.78, 5) is 11.7. The highest BCUT2D eigenvalue weighted by Crippen LogP contribution is 2.27. The number of anilines is 1. The predicted molar refractivity (Wildman–Crippen MR) is 74.4 cm³/mol. The zero-order chi connectivity index (χ0) is 13.5. The van der Waals surface area contributed by atoms with Crippen molar-refractivity contribution in [3.8, 4) is 5.75 Å². The quantitative estimate of drug-likeness (QED) is 0.836. The highest BCUT2D eigenvalue weighted by molar-refractivity contribution is 6.32. The van der Waals surface area contributed by atoms with Crippen LogP contribution in [-0.2, 0) is 4.79 Å². The van der Waals surface area contributed by atoms with E-state index in [1.165, 1.54) is 7.11 Å². The molecule has 1 aromatic rings. The van der Waals surface area contributed by atoms with Gasteiger partial charge in [-0.1, -0.05) is 18.5 Å². The van der Waals surface area contributed by atoms with E-state index in [9.17, 15) is 4.79 Å². The summed E-state index contributed by atoms with van der Waals surface area (Å²) in [5, 5.41) is 6.43. The van der Waals surface area contributed by atoms with E-state index in [-0.39, 0.29) is 5.91 Å². The molecule has 1 aromatic carbocycles. The smallest absolute Gasteiger partial charge is 0.238 e. The lowest BCUT2D eigenvalue weighted by Crippen LogP contribution is -2.33. The summed E-state index contributed by atoms with van der Waals surface area (Å²) < 4.78 is 5.08. The molecule has 0 saturated heterocycles. The number of hydrogen-bond donors (Lipinski definition) is 2. The first kappa shape index (κ1) is 14.8. The molecule has 5 heteroatoms. The van der Waals surface area contributed by atoms with Gasteiger partial charge in [0.2, 0.25) is 5.91 Å². The van der Waals surface area contributed by atoms with E-state index < -0.39 is 0 Å². The largest absolute Gasteiger partial charge is 0.495 e. The van der Waals surface area contributed by atoms with Gasteiger partial charge in [0, 0.05) is 17.8 Å². The molecule has 18 heavy (non-hydrogen) atoms. The van der Waals surface area contributed by atoms with Crippen LogP contribution in [0.4, 0.5) is 5.69 Å². The van der Waals surface area contributed by atoms with Gasteiger partial charge >= 0.3 is 0 Å². The van der Waals surface area contributed by atoms with Crippen molar-refractivity contribution in [2.24, 2.45) is 0 Å². The molecule has 1 atom stereocenters. The van der Waals surface area contributed by atoms with Gasteiger partial charge in [-0.3, -0.25) is 4.79 Å². The Morgan fingerprint density at radius 3 is 2.83 bits per heavy atom. The van der Waals surface area contributed by atoms with Crippen molar-refractivity contribution in [1.29, 1.82) is 0 Å². The second-order valence-electron chi connectivity index (χ2n) is 4.09. The number of benzene rings is 1. The van der Waals surface area contributed by atoms with E-state index in [0.717, 1.165) is 6.42 Å². The first-order chi connectivity index (χ1) is 8.56. The fourth-order valence-corrected chi connectivity index (χ4v) is 1.55. The number of hydrogen-bond acceptors (Lipinski definition) is 3. The highest BCUT2D eigenvalue weighted by atomic mass is 35.5. The number of carbonyl (C=O) groups excluding carboxylic acids is 1. The van der Waals surface area contributed by atoms with Crippen LogP contribution in [-0.4, -0.2) is 25.6 Å². The van der Waals surface area contributed by atoms with E-state index in [0.29, 0.717) is 29.0 Å². The normalized spacial score (nSPS) is 12.0. The van der Waals surface area contributed by atoms with Crippen LogP contribution in [0.3, 0.4) is 0 Å². The Labute approximate surface area is 113 Å². The standard InChI is InChI=1S/C13H19ClN2O2/c1-4-9(2)15-8-13(17)16-10-5-6-11(14)12(7-10)18-3/h5-7,9,15H,4,8H2,1-3H3,(H,16,17). The molecule has 0 fully saturated rings. The molecule has 0 bridgehead atoms. The molecule has 100 valence electrons. The Morgan fingerprint density at radius 1 is 1.50 bits per heavy atom. The summed E-state index contributed by atoms with van der Waals surface area (Å²) in [6.45, 7) is 4.40. The lowest BCUT2D eigenvalue weighted by molar-refractivity contribution is -0.115. The topological polar surface area (TPSA) is 50.4 Å². The summed E-state index contributed by atoms with van der Waals surface area (Å²) in [6.07, 6.45) is 0.988. The molecule has 0 radical (unpaired) electrons. The minimum Gasteiger partial charge on any atom is -0.495 e. The minimum atomic E-state index is -0.0836. The third kappa shape index (κ3) is 4.55. The van der Waals surface area contributed by atoms with Gasteiger partial charge < -0.3 is 15.4 Å². The first-order valence-electron chi connectivity index (χ1n) is 5.93. The number of carbonyl (C=O) groups is 1. The summed E-state index contributed by atoms with van der Waals surface area (Å²) in [6, 6.07) is 5.46. The van der Waals surface area contributed by atoms with Crippen LogP contribution < -0.4 is 15.4 Å². The van der Waals surface area contributed by atoms with Crippen LogP contribution in [0.5, 0.6) is 5.75 Å². The number of methoxy groups -OCH3 is 1. The molecule has 4 nitrogen and oxygen atoms in total. The second-order valence-corrected chi connectivity index (χ2v) is 4.49. The summed E-state index contributed by atoms with van der Waals surface area (Å²) in [7, 11) is 1.54. The van der Waals surface area contributed by atoms with Crippen molar-refractivity contribution in [2.75, 3.05) is 19.0 Å². The summed E-state index contributed by atoms with van der Waals surface area (Å²) in [5.41, 5.74) is 0.673. The van der Waals surface area contributed by atoms with Crippen molar-refractivity contribution in [1.82, 2.24) is 5.32 Å². The van der Waals surface area contributed by atoms with Crippen LogP contribution >= 0.6 is 11.6 Å². The first-order valence-corrected chi connectivity index (χ1v) is 6.31. The van der Waals surface area contributed by atoms with Gasteiger partial charge in [-0.05, 0) is 25.5 Å². The van der Waals surface area contributed by atoms with Gasteiger partial charge in [-0.15, -0.1) is 0 Å². The molecule has 2 N–H and O–H groups in total. The second kappa shape index (κ2) is 7.24. The monoisotopic (exact) mass is 270 g/mol. The number of ether oxygens (including phenoxy) is 1. The van der Waals surface area contributed by atoms with E-state index in [4.69, 9.17) is 16.3 Å². The zero-order valence-corrected chi connectivity index (χ0v) is 11.7. The lowest BCUT2D eigenvalue weighted by atomic mass is 10.2. The minimum absolute atomic E-state index is 0.0836. The van der Waals surface area contributed by atoms with Crippen molar-refractivity contribution < 1.29 is 9.53 Å². The summed E-state index contributed by atoms with van der Waals surface area (Å²) >= 11 is 5.90. The third-order valence-corrected chi connectivity index (χ3v) is 2.97. The summed E-state index contributed by atoms with van der Waals surface area (Å²) in [5.74, 6) is 0.462.